The Bertz CT molecular complexity index is 330. The Morgan fingerprint density at radius 2 is 2.41 bits per heavy atom. The number of nitrogens with two attached hydrogens (primary N) is 1. The molecule has 2 unspecified atom stereocenters. The normalized spacial score (nSPS) is 22.6. The Morgan fingerprint density at radius 3 is 3.06 bits per heavy atom. The second kappa shape index (κ2) is 6.12. The summed E-state index contributed by atoms with van der Waals surface area (Å²) < 4.78 is 10.7. The highest BCUT2D eigenvalue weighted by molar-refractivity contribution is 4.97. The second-order valence-corrected chi connectivity index (χ2v) is 4.67. The van der Waals surface area contributed by atoms with E-state index in [0.29, 0.717) is 30.9 Å². The molecule has 0 saturated carbocycles. The lowest BCUT2D eigenvalue weighted by Gasteiger charge is -2.18. The van der Waals surface area contributed by atoms with E-state index >= 15 is 0 Å². The minimum absolute atomic E-state index is 0.305. The predicted molar refractivity (Wildman–Crippen MR) is 63.6 cm³/mol. The molecule has 0 aliphatic carbocycles. The number of rotatable bonds is 5. The van der Waals surface area contributed by atoms with Crippen molar-refractivity contribution in [3.8, 4) is 0 Å². The average molecular weight is 239 g/mol. The lowest BCUT2D eigenvalue weighted by molar-refractivity contribution is 0.0773. The first kappa shape index (κ1) is 12.5. The fourth-order valence-electron chi connectivity index (χ4n) is 2.10. The van der Waals surface area contributed by atoms with Gasteiger partial charge in [0.1, 0.15) is 0 Å². The van der Waals surface area contributed by atoms with Crippen molar-refractivity contribution in [1.29, 1.82) is 0 Å². The standard InChI is InChI=1S/C12H21N3O2/c1-2-9(7-13)6-11-14-12(15-17-11)10-4-3-5-16-8-10/h9-10H,2-8,13H2,1H3. The zero-order valence-electron chi connectivity index (χ0n) is 10.4. The van der Waals surface area contributed by atoms with Gasteiger partial charge >= 0.3 is 0 Å². The average Bonchev–Trinajstić information content (AvgIpc) is 2.85. The molecule has 96 valence electrons. The van der Waals surface area contributed by atoms with E-state index in [1.54, 1.807) is 0 Å². The maximum Gasteiger partial charge on any atom is 0.226 e. The summed E-state index contributed by atoms with van der Waals surface area (Å²) in [6.45, 7) is 4.36. The van der Waals surface area contributed by atoms with E-state index in [1.165, 1.54) is 0 Å². The van der Waals surface area contributed by atoms with Crippen LogP contribution in [0.5, 0.6) is 0 Å². The van der Waals surface area contributed by atoms with Gasteiger partial charge in [0.25, 0.3) is 0 Å². The van der Waals surface area contributed by atoms with Gasteiger partial charge in [-0.25, -0.2) is 0 Å². The summed E-state index contributed by atoms with van der Waals surface area (Å²) >= 11 is 0. The molecule has 1 fully saturated rings. The summed E-state index contributed by atoms with van der Waals surface area (Å²) in [4.78, 5) is 4.46. The van der Waals surface area contributed by atoms with Crippen LogP contribution in [-0.2, 0) is 11.2 Å². The van der Waals surface area contributed by atoms with Crippen molar-refractivity contribution in [2.75, 3.05) is 19.8 Å². The Labute approximate surface area is 102 Å². The van der Waals surface area contributed by atoms with Crippen LogP contribution in [0.4, 0.5) is 0 Å². The largest absolute Gasteiger partial charge is 0.381 e. The maximum absolute atomic E-state index is 5.67. The van der Waals surface area contributed by atoms with Crippen molar-refractivity contribution in [2.24, 2.45) is 11.7 Å². The van der Waals surface area contributed by atoms with Gasteiger partial charge in [-0.1, -0.05) is 18.5 Å². The van der Waals surface area contributed by atoms with Crippen molar-refractivity contribution >= 4 is 0 Å². The first-order chi connectivity index (χ1) is 8.33. The van der Waals surface area contributed by atoms with E-state index in [1.807, 2.05) is 0 Å². The topological polar surface area (TPSA) is 74.2 Å². The van der Waals surface area contributed by atoms with Gasteiger partial charge in [-0.05, 0) is 25.3 Å². The Balaban J connectivity index is 1.94. The van der Waals surface area contributed by atoms with Crippen LogP contribution in [0.3, 0.4) is 0 Å². The molecule has 0 bridgehead atoms. The molecule has 1 saturated heterocycles. The monoisotopic (exact) mass is 239 g/mol. The minimum Gasteiger partial charge on any atom is -0.381 e. The third kappa shape index (κ3) is 3.26. The van der Waals surface area contributed by atoms with Crippen molar-refractivity contribution in [3.05, 3.63) is 11.7 Å². The molecule has 0 amide bonds. The molecule has 1 aliphatic heterocycles. The molecule has 0 spiro atoms. The molecule has 1 aromatic heterocycles. The van der Waals surface area contributed by atoms with E-state index in [9.17, 15) is 0 Å². The Kier molecular flexibility index (Phi) is 4.50. The highest BCUT2D eigenvalue weighted by Gasteiger charge is 2.22. The zero-order chi connectivity index (χ0) is 12.1. The van der Waals surface area contributed by atoms with Crippen molar-refractivity contribution in [3.63, 3.8) is 0 Å². The lowest BCUT2D eigenvalue weighted by atomic mass is 10.0. The number of ether oxygens (including phenoxy) is 1. The van der Waals surface area contributed by atoms with Crippen LogP contribution in [0.2, 0.25) is 0 Å². The fraction of sp³-hybridized carbons (Fsp3) is 0.833. The van der Waals surface area contributed by atoms with Crippen molar-refractivity contribution in [1.82, 2.24) is 10.1 Å². The van der Waals surface area contributed by atoms with E-state index in [4.69, 9.17) is 15.0 Å². The first-order valence-electron chi connectivity index (χ1n) is 6.43. The number of hydrogen-bond donors (Lipinski definition) is 1. The molecule has 0 radical (unpaired) electrons. The molecule has 5 heteroatoms. The molecule has 2 N–H and O–H groups in total. The Hall–Kier alpha value is -0.940. The summed E-state index contributed by atoms with van der Waals surface area (Å²) in [6.07, 6.45) is 4.00. The molecule has 1 aromatic rings. The highest BCUT2D eigenvalue weighted by Crippen LogP contribution is 2.23. The van der Waals surface area contributed by atoms with Gasteiger partial charge in [-0.15, -0.1) is 0 Å². The second-order valence-electron chi connectivity index (χ2n) is 4.67. The van der Waals surface area contributed by atoms with Crippen molar-refractivity contribution < 1.29 is 9.26 Å². The number of nitrogens with zero attached hydrogens (tertiary/aromatic N) is 2. The van der Waals surface area contributed by atoms with Gasteiger partial charge in [-0.3, -0.25) is 0 Å². The number of aromatic nitrogens is 2. The summed E-state index contributed by atoms with van der Waals surface area (Å²) in [6, 6.07) is 0. The molecule has 5 nitrogen and oxygen atoms in total. The fourth-order valence-corrected chi connectivity index (χ4v) is 2.10. The third-order valence-electron chi connectivity index (χ3n) is 3.38. The quantitative estimate of drug-likeness (QED) is 0.842. The first-order valence-corrected chi connectivity index (χ1v) is 6.43. The smallest absolute Gasteiger partial charge is 0.226 e. The molecule has 2 rings (SSSR count). The van der Waals surface area contributed by atoms with E-state index in [-0.39, 0.29) is 0 Å². The SMILES string of the molecule is CCC(CN)Cc1nc(C2CCCOC2)no1. The number of hydrogen-bond acceptors (Lipinski definition) is 5. The van der Waals surface area contributed by atoms with E-state index in [0.717, 1.165) is 38.1 Å². The predicted octanol–water partition coefficient (Wildman–Crippen LogP) is 1.49. The van der Waals surface area contributed by atoms with Crippen LogP contribution in [-0.4, -0.2) is 29.9 Å². The zero-order valence-corrected chi connectivity index (χ0v) is 10.4. The van der Waals surface area contributed by atoms with Gasteiger partial charge in [0, 0.05) is 18.9 Å². The third-order valence-corrected chi connectivity index (χ3v) is 3.38. The van der Waals surface area contributed by atoms with Crippen LogP contribution in [0.1, 0.15) is 43.8 Å². The van der Waals surface area contributed by atoms with Gasteiger partial charge in [-0.2, -0.15) is 4.98 Å². The molecular formula is C12H21N3O2. The summed E-state index contributed by atoms with van der Waals surface area (Å²) in [5.74, 6) is 2.25. The summed E-state index contributed by atoms with van der Waals surface area (Å²) in [5, 5.41) is 4.05. The summed E-state index contributed by atoms with van der Waals surface area (Å²) in [7, 11) is 0. The van der Waals surface area contributed by atoms with Crippen LogP contribution in [0.25, 0.3) is 0 Å². The Morgan fingerprint density at radius 1 is 1.53 bits per heavy atom. The van der Waals surface area contributed by atoms with Crippen LogP contribution in [0.15, 0.2) is 4.52 Å². The molecule has 17 heavy (non-hydrogen) atoms. The molecule has 1 aliphatic rings. The van der Waals surface area contributed by atoms with Crippen molar-refractivity contribution in [2.45, 2.75) is 38.5 Å². The van der Waals surface area contributed by atoms with E-state index < -0.39 is 0 Å². The van der Waals surface area contributed by atoms with Gasteiger partial charge < -0.3 is 15.0 Å². The summed E-state index contributed by atoms with van der Waals surface area (Å²) in [5.41, 5.74) is 5.67. The van der Waals surface area contributed by atoms with Gasteiger partial charge in [0.2, 0.25) is 5.89 Å². The molecule has 2 heterocycles. The molecular weight excluding hydrogens is 218 g/mol. The maximum atomic E-state index is 5.67. The van der Waals surface area contributed by atoms with Crippen LogP contribution >= 0.6 is 0 Å². The highest BCUT2D eigenvalue weighted by atomic mass is 16.5. The van der Waals surface area contributed by atoms with Crippen LogP contribution in [0, 0.1) is 5.92 Å². The van der Waals surface area contributed by atoms with Gasteiger partial charge in [0.05, 0.1) is 6.61 Å². The molecule has 0 aromatic carbocycles. The minimum atomic E-state index is 0.305. The lowest BCUT2D eigenvalue weighted by Crippen LogP contribution is -2.17. The van der Waals surface area contributed by atoms with E-state index in [2.05, 4.69) is 17.1 Å². The van der Waals surface area contributed by atoms with Gasteiger partial charge in [0.15, 0.2) is 5.82 Å². The molecule has 2 atom stereocenters. The van der Waals surface area contributed by atoms with Crippen LogP contribution < -0.4 is 5.73 Å².